The molecule has 0 fully saturated rings. The summed E-state index contributed by atoms with van der Waals surface area (Å²) >= 11 is 5.89. The quantitative estimate of drug-likeness (QED) is 0.826. The predicted molar refractivity (Wildman–Crippen MR) is 79.9 cm³/mol. The van der Waals surface area contributed by atoms with E-state index in [9.17, 15) is 9.18 Å². The maximum Gasteiger partial charge on any atom is 0.257 e. The average molecular weight is 307 g/mol. The lowest BCUT2D eigenvalue weighted by Gasteiger charge is -2.36. The first-order valence-electron chi connectivity index (χ1n) is 7.03. The molecule has 2 aromatic rings. The van der Waals surface area contributed by atoms with Crippen molar-refractivity contribution in [3.63, 3.8) is 0 Å². The standard InChI is InChI=1S/C16H16ClFN2O/c1-2-14-15-4-3-7-19(15)8-9-20(14)16(21)12-10-11(17)5-6-13(12)18/h3-7,10,14H,2,8-9H2,1H3/t14-/m1/s1. The molecule has 0 saturated carbocycles. The molecule has 0 bridgehead atoms. The van der Waals surface area contributed by atoms with Crippen molar-refractivity contribution in [3.8, 4) is 0 Å². The summed E-state index contributed by atoms with van der Waals surface area (Å²) < 4.78 is 16.1. The molecular weight excluding hydrogens is 291 g/mol. The minimum Gasteiger partial charge on any atom is -0.348 e. The van der Waals surface area contributed by atoms with Gasteiger partial charge in [-0.15, -0.1) is 0 Å². The molecule has 1 atom stereocenters. The van der Waals surface area contributed by atoms with Gasteiger partial charge in [0.2, 0.25) is 0 Å². The number of carbonyl (C=O) groups excluding carboxylic acids is 1. The molecule has 1 aromatic carbocycles. The number of nitrogens with zero attached hydrogens (tertiary/aromatic N) is 2. The van der Waals surface area contributed by atoms with Crippen LogP contribution in [0.4, 0.5) is 4.39 Å². The third-order valence-corrected chi connectivity index (χ3v) is 4.21. The lowest BCUT2D eigenvalue weighted by Crippen LogP contribution is -2.42. The first-order chi connectivity index (χ1) is 10.1. The number of aromatic nitrogens is 1. The van der Waals surface area contributed by atoms with Crippen LogP contribution >= 0.6 is 11.6 Å². The van der Waals surface area contributed by atoms with E-state index in [2.05, 4.69) is 4.57 Å². The Hall–Kier alpha value is -1.81. The Morgan fingerprint density at radius 3 is 2.95 bits per heavy atom. The molecule has 21 heavy (non-hydrogen) atoms. The van der Waals surface area contributed by atoms with Crippen LogP contribution < -0.4 is 0 Å². The summed E-state index contributed by atoms with van der Waals surface area (Å²) in [6.45, 7) is 3.33. The van der Waals surface area contributed by atoms with E-state index in [0.717, 1.165) is 18.7 Å². The molecule has 0 spiro atoms. The second-order valence-corrected chi connectivity index (χ2v) is 5.61. The van der Waals surface area contributed by atoms with E-state index in [1.165, 1.54) is 18.2 Å². The molecule has 1 amide bonds. The highest BCUT2D eigenvalue weighted by Gasteiger charge is 2.31. The molecule has 1 aliphatic heterocycles. The number of fused-ring (bicyclic) bond motifs is 1. The SMILES string of the molecule is CC[C@@H]1c2cccn2CCN1C(=O)c1cc(Cl)ccc1F. The Labute approximate surface area is 127 Å². The van der Waals surface area contributed by atoms with Crippen LogP contribution in [0.1, 0.15) is 35.4 Å². The third kappa shape index (κ3) is 2.44. The van der Waals surface area contributed by atoms with Gasteiger partial charge in [-0.3, -0.25) is 4.79 Å². The van der Waals surface area contributed by atoms with E-state index >= 15 is 0 Å². The van der Waals surface area contributed by atoms with Crippen molar-refractivity contribution in [3.05, 3.63) is 58.6 Å². The molecule has 0 radical (unpaired) electrons. The largest absolute Gasteiger partial charge is 0.348 e. The second-order valence-electron chi connectivity index (χ2n) is 5.17. The minimum atomic E-state index is -0.528. The van der Waals surface area contributed by atoms with Crippen molar-refractivity contribution < 1.29 is 9.18 Å². The number of amides is 1. The first-order valence-corrected chi connectivity index (χ1v) is 7.40. The Morgan fingerprint density at radius 2 is 2.19 bits per heavy atom. The van der Waals surface area contributed by atoms with E-state index in [-0.39, 0.29) is 17.5 Å². The van der Waals surface area contributed by atoms with Crippen LogP contribution in [0.3, 0.4) is 0 Å². The molecule has 0 N–H and O–H groups in total. The van der Waals surface area contributed by atoms with Gasteiger partial charge in [0.15, 0.2) is 0 Å². The average Bonchev–Trinajstić information content (AvgIpc) is 2.96. The second kappa shape index (κ2) is 5.53. The van der Waals surface area contributed by atoms with Crippen LogP contribution in [-0.4, -0.2) is 21.9 Å². The van der Waals surface area contributed by atoms with E-state index < -0.39 is 5.82 Å². The van der Waals surface area contributed by atoms with Crippen molar-refractivity contribution in [1.29, 1.82) is 0 Å². The topological polar surface area (TPSA) is 25.2 Å². The van der Waals surface area contributed by atoms with Crippen LogP contribution in [0.15, 0.2) is 36.5 Å². The van der Waals surface area contributed by atoms with Gasteiger partial charge >= 0.3 is 0 Å². The first kappa shape index (κ1) is 14.1. The van der Waals surface area contributed by atoms with E-state index in [4.69, 9.17) is 11.6 Å². The molecule has 3 rings (SSSR count). The van der Waals surface area contributed by atoms with Crippen molar-refractivity contribution in [2.75, 3.05) is 6.54 Å². The maximum absolute atomic E-state index is 13.9. The van der Waals surface area contributed by atoms with E-state index in [0.29, 0.717) is 11.6 Å². The summed E-state index contributed by atoms with van der Waals surface area (Å²) in [5.74, 6) is -0.825. The van der Waals surface area contributed by atoms with Gasteiger partial charge in [0.25, 0.3) is 5.91 Å². The summed E-state index contributed by atoms with van der Waals surface area (Å²) in [5.41, 5.74) is 1.14. The van der Waals surface area contributed by atoms with E-state index in [1.807, 2.05) is 25.3 Å². The molecule has 110 valence electrons. The molecular formula is C16H16ClFN2O. The third-order valence-electron chi connectivity index (χ3n) is 3.97. The minimum absolute atomic E-state index is 0.0281. The molecule has 0 unspecified atom stereocenters. The Morgan fingerprint density at radius 1 is 1.38 bits per heavy atom. The van der Waals surface area contributed by atoms with Crippen LogP contribution in [0.2, 0.25) is 5.02 Å². The zero-order valence-electron chi connectivity index (χ0n) is 11.7. The zero-order chi connectivity index (χ0) is 15.0. The lowest BCUT2D eigenvalue weighted by atomic mass is 10.0. The monoisotopic (exact) mass is 306 g/mol. The summed E-state index contributed by atoms with van der Waals surface area (Å²) in [4.78, 5) is 14.4. The Balaban J connectivity index is 1.96. The van der Waals surface area contributed by atoms with Gasteiger partial charge in [-0.25, -0.2) is 4.39 Å². The fraction of sp³-hybridized carbons (Fsp3) is 0.312. The number of hydrogen-bond donors (Lipinski definition) is 0. The number of carbonyl (C=O) groups is 1. The van der Waals surface area contributed by atoms with Crippen molar-refractivity contribution >= 4 is 17.5 Å². The van der Waals surface area contributed by atoms with E-state index in [1.54, 1.807) is 4.90 Å². The predicted octanol–water partition coefficient (Wildman–Crippen LogP) is 3.89. The van der Waals surface area contributed by atoms with Crippen LogP contribution in [0.25, 0.3) is 0 Å². The van der Waals surface area contributed by atoms with Crippen molar-refractivity contribution in [1.82, 2.24) is 9.47 Å². The van der Waals surface area contributed by atoms with Gasteiger partial charge in [0.05, 0.1) is 11.6 Å². The highest BCUT2D eigenvalue weighted by Crippen LogP contribution is 2.30. The van der Waals surface area contributed by atoms with Crippen molar-refractivity contribution in [2.45, 2.75) is 25.9 Å². The highest BCUT2D eigenvalue weighted by molar-refractivity contribution is 6.31. The van der Waals surface area contributed by atoms with Gasteiger partial charge in [0.1, 0.15) is 5.82 Å². The van der Waals surface area contributed by atoms with Gasteiger partial charge in [-0.1, -0.05) is 18.5 Å². The van der Waals surface area contributed by atoms with Crippen LogP contribution in [0.5, 0.6) is 0 Å². The lowest BCUT2D eigenvalue weighted by molar-refractivity contribution is 0.0613. The Kier molecular flexibility index (Phi) is 3.72. The molecule has 0 aliphatic carbocycles. The van der Waals surface area contributed by atoms with Gasteiger partial charge in [-0.2, -0.15) is 0 Å². The fourth-order valence-corrected chi connectivity index (χ4v) is 3.13. The van der Waals surface area contributed by atoms with Crippen molar-refractivity contribution in [2.24, 2.45) is 0 Å². The van der Waals surface area contributed by atoms with Gasteiger partial charge < -0.3 is 9.47 Å². The molecule has 5 heteroatoms. The molecule has 0 saturated heterocycles. The number of rotatable bonds is 2. The van der Waals surface area contributed by atoms with Gasteiger partial charge in [0, 0.05) is 30.0 Å². The summed E-state index contributed by atoms with van der Waals surface area (Å²) in [6.07, 6.45) is 2.80. The molecule has 1 aromatic heterocycles. The van der Waals surface area contributed by atoms with Crippen LogP contribution in [0, 0.1) is 5.82 Å². The van der Waals surface area contributed by atoms with Gasteiger partial charge in [-0.05, 0) is 36.8 Å². The molecule has 1 aliphatic rings. The highest BCUT2D eigenvalue weighted by atomic mass is 35.5. The molecule has 2 heterocycles. The summed E-state index contributed by atoms with van der Waals surface area (Å²) in [6, 6.07) is 8.06. The Bertz CT molecular complexity index is 683. The fourth-order valence-electron chi connectivity index (χ4n) is 2.95. The molecule has 3 nitrogen and oxygen atoms in total. The summed E-state index contributed by atoms with van der Waals surface area (Å²) in [7, 11) is 0. The normalized spacial score (nSPS) is 17.7. The number of hydrogen-bond acceptors (Lipinski definition) is 1. The maximum atomic E-state index is 13.9. The zero-order valence-corrected chi connectivity index (χ0v) is 12.5. The number of benzene rings is 1. The smallest absolute Gasteiger partial charge is 0.257 e. The summed E-state index contributed by atoms with van der Waals surface area (Å²) in [5, 5.41) is 0.369. The number of halogens is 2. The van der Waals surface area contributed by atoms with Crippen LogP contribution in [-0.2, 0) is 6.54 Å².